The fraction of sp³-hybridized carbons (Fsp3) is 0.500. The van der Waals surface area contributed by atoms with Crippen molar-refractivity contribution in [3.63, 3.8) is 0 Å². The van der Waals surface area contributed by atoms with Crippen LogP contribution in [0.1, 0.15) is 13.8 Å². The van der Waals surface area contributed by atoms with E-state index in [1.807, 2.05) is 0 Å². The van der Waals surface area contributed by atoms with E-state index in [-0.39, 0.29) is 21.5 Å². The Kier molecular flexibility index (Phi) is 6.21. The summed E-state index contributed by atoms with van der Waals surface area (Å²) in [5.74, 6) is -0.315. The van der Waals surface area contributed by atoms with E-state index in [0.717, 1.165) is 0 Å². The third-order valence-corrected chi connectivity index (χ3v) is 5.46. The van der Waals surface area contributed by atoms with Crippen LogP contribution < -0.4 is 4.80 Å². The molecule has 0 unspecified atom stereocenters. The highest BCUT2D eigenvalue weighted by Crippen LogP contribution is 2.13. The third kappa shape index (κ3) is 4.99. The topological polar surface area (TPSA) is 111 Å². The van der Waals surface area contributed by atoms with E-state index in [0.29, 0.717) is 21.6 Å². The van der Waals surface area contributed by atoms with Gasteiger partial charge in [-0.15, -0.1) is 9.78 Å². The van der Waals surface area contributed by atoms with Crippen LogP contribution in [0.2, 0.25) is 0 Å². The van der Waals surface area contributed by atoms with Crippen LogP contribution >= 0.6 is 11.3 Å². The van der Waals surface area contributed by atoms with Crippen LogP contribution in [0.4, 0.5) is 9.59 Å². The third-order valence-electron chi connectivity index (χ3n) is 2.26. The molecular weight excluding hydrogens is 344 g/mol. The molecule has 0 saturated heterocycles. The first-order valence-electron chi connectivity index (χ1n) is 6.49. The van der Waals surface area contributed by atoms with Gasteiger partial charge in [-0.05, 0) is 13.8 Å². The Hall–Kier alpha value is -2.01. The maximum atomic E-state index is 12.2. The average Bonchev–Trinajstić information content (AvgIpc) is 2.82. The molecule has 0 aliphatic heterocycles. The summed E-state index contributed by atoms with van der Waals surface area (Å²) in [6.07, 6.45) is -0.911. The number of aromatic nitrogens is 2. The van der Waals surface area contributed by atoms with Gasteiger partial charge in [0.2, 0.25) is 19.0 Å². The maximum absolute atomic E-state index is 12.2. The Bertz CT molecular complexity index is 789. The largest absolute Gasteiger partial charge is 0.448 e. The van der Waals surface area contributed by atoms with Crippen molar-refractivity contribution in [2.45, 2.75) is 18.2 Å². The van der Waals surface area contributed by atoms with Gasteiger partial charge in [-0.2, -0.15) is 4.99 Å². The molecule has 23 heavy (non-hydrogen) atoms. The molecule has 2 amide bonds. The zero-order valence-electron chi connectivity index (χ0n) is 13.3. The Morgan fingerprint density at radius 3 is 2.52 bits per heavy atom. The molecule has 0 atom stereocenters. The number of rotatable bonds is 4. The predicted octanol–water partition coefficient (Wildman–Crippen LogP) is 0.881. The predicted molar refractivity (Wildman–Crippen MR) is 84.0 cm³/mol. The number of urea groups is 1. The Balaban J connectivity index is 3.47. The van der Waals surface area contributed by atoms with Crippen molar-refractivity contribution in [2.75, 3.05) is 26.5 Å². The molecule has 1 aromatic heterocycles. The van der Waals surface area contributed by atoms with E-state index in [1.165, 1.54) is 19.0 Å². The van der Waals surface area contributed by atoms with Crippen molar-refractivity contribution in [3.8, 4) is 0 Å². The van der Waals surface area contributed by atoms with Crippen molar-refractivity contribution < 1.29 is 22.7 Å². The van der Waals surface area contributed by atoms with E-state index < -0.39 is 22.0 Å². The number of carbonyl (C=O) groups is 2. The SMILES string of the molecule is C=C(C)CS(=O)(=O)c1nn(C(=O)OCC)c(=NC(=O)N(C)C)s1. The summed E-state index contributed by atoms with van der Waals surface area (Å²) in [5, 5.41) is 3.73. The number of hydrogen-bond donors (Lipinski definition) is 0. The first kappa shape index (κ1) is 19.0. The van der Waals surface area contributed by atoms with Gasteiger partial charge in [0, 0.05) is 14.1 Å². The monoisotopic (exact) mass is 362 g/mol. The van der Waals surface area contributed by atoms with Gasteiger partial charge in [-0.25, -0.2) is 18.0 Å². The van der Waals surface area contributed by atoms with Crippen LogP contribution in [0.15, 0.2) is 21.5 Å². The number of amides is 2. The summed E-state index contributed by atoms with van der Waals surface area (Å²) >= 11 is 0.616. The summed E-state index contributed by atoms with van der Waals surface area (Å²) in [7, 11) is -0.826. The lowest BCUT2D eigenvalue weighted by atomic mass is 10.4. The minimum Gasteiger partial charge on any atom is -0.448 e. The van der Waals surface area contributed by atoms with Crippen LogP contribution in [-0.4, -0.2) is 61.7 Å². The zero-order chi connectivity index (χ0) is 17.8. The second-order valence-corrected chi connectivity index (χ2v) is 7.89. The van der Waals surface area contributed by atoms with Gasteiger partial charge in [0.05, 0.1) is 12.4 Å². The number of sulfone groups is 1. The quantitative estimate of drug-likeness (QED) is 0.735. The van der Waals surface area contributed by atoms with Crippen molar-refractivity contribution in [1.29, 1.82) is 0 Å². The Labute approximate surface area is 137 Å². The highest BCUT2D eigenvalue weighted by atomic mass is 32.2. The summed E-state index contributed by atoms with van der Waals surface area (Å²) in [5.41, 5.74) is 0.422. The lowest BCUT2D eigenvalue weighted by molar-refractivity contribution is 0.149. The minimum atomic E-state index is -3.77. The molecule has 1 aromatic rings. The summed E-state index contributed by atoms with van der Waals surface area (Å²) in [6, 6.07) is -0.657. The molecule has 0 radical (unpaired) electrons. The molecule has 0 aliphatic rings. The molecule has 0 N–H and O–H groups in total. The van der Waals surface area contributed by atoms with Crippen LogP contribution in [0, 0.1) is 0 Å². The van der Waals surface area contributed by atoms with Gasteiger partial charge in [-0.1, -0.05) is 23.5 Å². The molecule has 0 spiro atoms. The molecule has 0 fully saturated rings. The smallest absolute Gasteiger partial charge is 0.437 e. The fourth-order valence-corrected chi connectivity index (χ4v) is 3.82. The van der Waals surface area contributed by atoms with Crippen LogP contribution in [0.5, 0.6) is 0 Å². The molecule has 1 heterocycles. The van der Waals surface area contributed by atoms with Crippen LogP contribution in [0.3, 0.4) is 0 Å². The van der Waals surface area contributed by atoms with Gasteiger partial charge in [0.25, 0.3) is 0 Å². The van der Waals surface area contributed by atoms with Gasteiger partial charge >= 0.3 is 12.1 Å². The molecule has 0 bridgehead atoms. The summed E-state index contributed by atoms with van der Waals surface area (Å²) in [6.45, 7) is 6.76. The highest BCUT2D eigenvalue weighted by molar-refractivity contribution is 7.93. The van der Waals surface area contributed by atoms with E-state index >= 15 is 0 Å². The van der Waals surface area contributed by atoms with Crippen molar-refractivity contribution in [3.05, 3.63) is 17.0 Å². The standard InChI is InChI=1S/C12H18N4O5S2/c1-6-21-12(18)16-10(13-9(17)15(4)5)22-11(14-16)23(19,20)7-8(2)3/h2,6-7H2,1,3-5H3. The van der Waals surface area contributed by atoms with Crippen LogP contribution in [0.25, 0.3) is 0 Å². The lowest BCUT2D eigenvalue weighted by Gasteiger charge is -2.04. The van der Waals surface area contributed by atoms with Gasteiger partial charge in [-0.3, -0.25) is 0 Å². The van der Waals surface area contributed by atoms with E-state index in [9.17, 15) is 18.0 Å². The second kappa shape index (κ2) is 7.51. The Morgan fingerprint density at radius 2 is 2.04 bits per heavy atom. The maximum Gasteiger partial charge on any atom is 0.437 e. The normalized spacial score (nSPS) is 12.1. The van der Waals surface area contributed by atoms with Crippen molar-refractivity contribution in [2.24, 2.45) is 4.99 Å². The summed E-state index contributed by atoms with van der Waals surface area (Å²) in [4.78, 5) is 28.3. The molecule has 0 aliphatic carbocycles. The molecule has 1 rings (SSSR count). The molecule has 0 aromatic carbocycles. The number of hydrogen-bond acceptors (Lipinski definition) is 7. The minimum absolute atomic E-state index is 0.0677. The van der Waals surface area contributed by atoms with Gasteiger partial charge in [0.15, 0.2) is 0 Å². The average molecular weight is 362 g/mol. The van der Waals surface area contributed by atoms with E-state index in [2.05, 4.69) is 16.7 Å². The first-order valence-corrected chi connectivity index (χ1v) is 8.95. The second-order valence-electron chi connectivity index (χ2n) is 4.77. The Morgan fingerprint density at radius 1 is 1.43 bits per heavy atom. The number of ether oxygens (including phenoxy) is 1. The van der Waals surface area contributed by atoms with Crippen LogP contribution in [-0.2, 0) is 14.6 Å². The highest BCUT2D eigenvalue weighted by Gasteiger charge is 2.24. The van der Waals surface area contributed by atoms with Gasteiger partial charge in [0.1, 0.15) is 0 Å². The van der Waals surface area contributed by atoms with E-state index in [1.54, 1.807) is 13.8 Å². The lowest BCUT2D eigenvalue weighted by Crippen LogP contribution is -2.29. The number of nitrogens with zero attached hydrogens (tertiary/aromatic N) is 4. The van der Waals surface area contributed by atoms with Crippen molar-refractivity contribution in [1.82, 2.24) is 14.7 Å². The molecule has 9 nitrogen and oxygen atoms in total. The zero-order valence-corrected chi connectivity index (χ0v) is 14.9. The molecule has 11 heteroatoms. The summed E-state index contributed by atoms with van der Waals surface area (Å²) < 4.78 is 29.5. The molecule has 0 saturated carbocycles. The van der Waals surface area contributed by atoms with Crippen molar-refractivity contribution >= 4 is 33.3 Å². The first-order chi connectivity index (χ1) is 10.6. The van der Waals surface area contributed by atoms with Gasteiger partial charge < -0.3 is 9.64 Å². The number of carbonyl (C=O) groups excluding carboxylic acids is 2. The molecule has 128 valence electrons. The molecular formula is C12H18N4O5S2. The fourth-order valence-electron chi connectivity index (χ4n) is 1.33. The van der Waals surface area contributed by atoms with E-state index in [4.69, 9.17) is 4.74 Å².